The molecule has 0 spiro atoms. The first-order chi connectivity index (χ1) is 13.7. The summed E-state index contributed by atoms with van der Waals surface area (Å²) in [7, 11) is 0. The molecule has 3 heterocycles. The second kappa shape index (κ2) is 8.46. The van der Waals surface area contributed by atoms with E-state index >= 15 is 0 Å². The zero-order valence-electron chi connectivity index (χ0n) is 16.1. The smallest absolute Gasteiger partial charge is 0.270 e. The lowest BCUT2D eigenvalue weighted by Gasteiger charge is -2.22. The van der Waals surface area contributed by atoms with Crippen LogP contribution in [0.1, 0.15) is 23.5 Å². The van der Waals surface area contributed by atoms with Crippen molar-refractivity contribution in [2.75, 3.05) is 44.3 Å². The van der Waals surface area contributed by atoms with Crippen molar-refractivity contribution in [2.24, 2.45) is 0 Å². The maximum absolute atomic E-state index is 13.2. The molecule has 0 saturated heterocycles. The van der Waals surface area contributed by atoms with Crippen LogP contribution < -0.4 is 19.3 Å². The third-order valence-corrected chi connectivity index (χ3v) is 6.84. The van der Waals surface area contributed by atoms with Gasteiger partial charge >= 0.3 is 0 Å². The maximum Gasteiger partial charge on any atom is 0.270 e. The molecule has 0 aliphatic carbocycles. The fourth-order valence-electron chi connectivity index (χ4n) is 3.26. The molecule has 4 rings (SSSR count). The van der Waals surface area contributed by atoms with E-state index in [9.17, 15) is 4.79 Å². The standard InChI is InChI=1S/C20H23N3O3S2/c1-3-22(4-2)7-8-23(19(24)17-6-5-11-27-17)20-21-14-12-15-16(13-18(14)28-20)26-10-9-25-15/h5-6,11-13H,3-4,7-10H2,1-2H3/p+1. The van der Waals surface area contributed by atoms with Crippen LogP contribution in [-0.4, -0.2) is 50.3 Å². The number of carbonyl (C=O) groups is 1. The summed E-state index contributed by atoms with van der Waals surface area (Å²) in [6.45, 7) is 9.06. The van der Waals surface area contributed by atoms with Gasteiger partial charge in [-0.1, -0.05) is 17.4 Å². The van der Waals surface area contributed by atoms with Gasteiger partial charge in [-0.15, -0.1) is 11.3 Å². The molecule has 6 nitrogen and oxygen atoms in total. The molecule has 1 amide bonds. The van der Waals surface area contributed by atoms with Crippen molar-refractivity contribution < 1.29 is 19.2 Å². The number of thiophene rings is 1. The maximum atomic E-state index is 13.2. The molecule has 148 valence electrons. The van der Waals surface area contributed by atoms with Crippen molar-refractivity contribution >= 4 is 43.9 Å². The summed E-state index contributed by atoms with van der Waals surface area (Å²) < 4.78 is 12.4. The molecule has 28 heavy (non-hydrogen) atoms. The number of likely N-dealkylation sites (N-methyl/N-ethyl adjacent to an activating group) is 1. The number of amides is 1. The van der Waals surface area contributed by atoms with Crippen molar-refractivity contribution in [2.45, 2.75) is 13.8 Å². The summed E-state index contributed by atoms with van der Waals surface area (Å²) in [6, 6.07) is 7.66. The van der Waals surface area contributed by atoms with Crippen LogP contribution in [0, 0.1) is 0 Å². The molecule has 0 bridgehead atoms. The Morgan fingerprint density at radius 3 is 2.64 bits per heavy atom. The van der Waals surface area contributed by atoms with Crippen LogP contribution in [0.25, 0.3) is 10.2 Å². The second-order valence-electron chi connectivity index (χ2n) is 6.60. The first-order valence-corrected chi connectivity index (χ1v) is 11.3. The van der Waals surface area contributed by atoms with Crippen molar-refractivity contribution in [1.82, 2.24) is 4.98 Å². The van der Waals surface area contributed by atoms with Crippen molar-refractivity contribution in [1.29, 1.82) is 0 Å². The number of quaternary nitrogens is 1. The molecule has 1 N–H and O–H groups in total. The number of carbonyl (C=O) groups excluding carboxylic acids is 1. The summed E-state index contributed by atoms with van der Waals surface area (Å²) in [4.78, 5) is 22.0. The molecule has 1 aliphatic rings. The zero-order valence-corrected chi connectivity index (χ0v) is 17.7. The lowest BCUT2D eigenvalue weighted by molar-refractivity contribution is -0.894. The highest BCUT2D eigenvalue weighted by Crippen LogP contribution is 2.39. The van der Waals surface area contributed by atoms with Gasteiger partial charge < -0.3 is 14.4 Å². The average Bonchev–Trinajstić information content (AvgIpc) is 3.38. The second-order valence-corrected chi connectivity index (χ2v) is 8.56. The summed E-state index contributed by atoms with van der Waals surface area (Å²) in [5.41, 5.74) is 0.836. The van der Waals surface area contributed by atoms with E-state index < -0.39 is 0 Å². The molecule has 0 unspecified atom stereocenters. The fourth-order valence-corrected chi connectivity index (χ4v) is 4.93. The Bertz CT molecular complexity index is 908. The van der Waals surface area contributed by atoms with E-state index in [1.807, 2.05) is 34.5 Å². The molecule has 8 heteroatoms. The van der Waals surface area contributed by atoms with Gasteiger partial charge in [-0.3, -0.25) is 9.69 Å². The molecule has 1 aliphatic heterocycles. The molecule has 0 atom stereocenters. The van der Waals surface area contributed by atoms with Gasteiger partial charge in [-0.25, -0.2) is 4.98 Å². The number of hydrogen-bond donors (Lipinski definition) is 1. The van der Waals surface area contributed by atoms with E-state index in [-0.39, 0.29) is 5.91 Å². The van der Waals surface area contributed by atoms with Gasteiger partial charge in [0.1, 0.15) is 13.2 Å². The Labute approximate surface area is 172 Å². The van der Waals surface area contributed by atoms with Crippen LogP contribution in [0.3, 0.4) is 0 Å². The summed E-state index contributed by atoms with van der Waals surface area (Å²) in [6.07, 6.45) is 0. The van der Waals surface area contributed by atoms with Crippen LogP contribution >= 0.6 is 22.7 Å². The van der Waals surface area contributed by atoms with Gasteiger partial charge in [0.2, 0.25) is 0 Å². The number of nitrogens with one attached hydrogen (secondary N) is 1. The van der Waals surface area contributed by atoms with E-state index in [1.165, 1.54) is 27.6 Å². The fraction of sp³-hybridized carbons (Fsp3) is 0.400. The minimum absolute atomic E-state index is 0.0119. The minimum atomic E-state index is 0.0119. The van der Waals surface area contributed by atoms with Crippen LogP contribution in [-0.2, 0) is 0 Å². The van der Waals surface area contributed by atoms with Gasteiger partial charge in [0.15, 0.2) is 16.6 Å². The molecule has 0 fully saturated rings. The van der Waals surface area contributed by atoms with Gasteiger partial charge in [-0.2, -0.15) is 0 Å². The molecule has 3 aromatic rings. The van der Waals surface area contributed by atoms with Crippen LogP contribution in [0.15, 0.2) is 29.6 Å². The molecule has 0 saturated carbocycles. The van der Waals surface area contributed by atoms with Gasteiger partial charge in [0, 0.05) is 12.1 Å². The molecular formula is C20H24N3O3S2+. The summed E-state index contributed by atoms with van der Waals surface area (Å²) in [5, 5.41) is 2.66. The molecule has 1 aromatic carbocycles. The Hall–Kier alpha value is -2.16. The summed E-state index contributed by atoms with van der Waals surface area (Å²) >= 11 is 2.99. The number of ether oxygens (including phenoxy) is 2. The molecule has 2 aromatic heterocycles. The predicted molar refractivity (Wildman–Crippen MR) is 114 cm³/mol. The van der Waals surface area contributed by atoms with Crippen molar-refractivity contribution in [3.8, 4) is 11.5 Å². The van der Waals surface area contributed by atoms with Crippen LogP contribution in [0.4, 0.5) is 5.13 Å². The average molecular weight is 419 g/mol. The number of anilines is 1. The van der Waals surface area contributed by atoms with E-state index in [2.05, 4.69) is 13.8 Å². The Balaban J connectivity index is 1.67. The van der Waals surface area contributed by atoms with E-state index in [0.29, 0.717) is 19.8 Å². The van der Waals surface area contributed by atoms with Crippen molar-refractivity contribution in [3.63, 3.8) is 0 Å². The topological polar surface area (TPSA) is 56.1 Å². The highest BCUT2D eigenvalue weighted by Gasteiger charge is 2.24. The van der Waals surface area contributed by atoms with Gasteiger partial charge in [-0.05, 0) is 25.3 Å². The number of fused-ring (bicyclic) bond motifs is 2. The Morgan fingerprint density at radius 1 is 1.21 bits per heavy atom. The normalized spacial score (nSPS) is 13.2. The highest BCUT2D eigenvalue weighted by atomic mass is 32.1. The minimum Gasteiger partial charge on any atom is -0.486 e. The lowest BCUT2D eigenvalue weighted by Crippen LogP contribution is -3.12. The first-order valence-electron chi connectivity index (χ1n) is 9.58. The van der Waals surface area contributed by atoms with Crippen LogP contribution in [0.2, 0.25) is 0 Å². The van der Waals surface area contributed by atoms with Crippen molar-refractivity contribution in [3.05, 3.63) is 34.5 Å². The number of benzene rings is 1. The third kappa shape index (κ3) is 3.85. The quantitative estimate of drug-likeness (QED) is 0.641. The monoisotopic (exact) mass is 418 g/mol. The van der Waals surface area contributed by atoms with Gasteiger partial charge in [0.25, 0.3) is 5.91 Å². The van der Waals surface area contributed by atoms with E-state index in [0.717, 1.165) is 51.4 Å². The third-order valence-electron chi connectivity index (χ3n) is 4.94. The van der Waals surface area contributed by atoms with E-state index in [4.69, 9.17) is 14.5 Å². The predicted octanol–water partition coefficient (Wildman–Crippen LogP) is 2.70. The molecule has 0 radical (unpaired) electrons. The first kappa shape index (κ1) is 19.2. The van der Waals surface area contributed by atoms with Crippen LogP contribution in [0.5, 0.6) is 11.5 Å². The molecular weight excluding hydrogens is 394 g/mol. The number of hydrogen-bond acceptors (Lipinski definition) is 6. The largest absolute Gasteiger partial charge is 0.486 e. The van der Waals surface area contributed by atoms with Gasteiger partial charge in [0.05, 0.1) is 41.3 Å². The summed E-state index contributed by atoms with van der Waals surface area (Å²) in [5.74, 6) is 1.48. The number of thiazole rings is 1. The highest BCUT2D eigenvalue weighted by molar-refractivity contribution is 7.22. The van der Waals surface area contributed by atoms with E-state index in [1.54, 1.807) is 0 Å². The zero-order chi connectivity index (χ0) is 19.5. The Morgan fingerprint density at radius 2 is 1.96 bits per heavy atom. The SMILES string of the molecule is CC[NH+](CC)CCN(C(=O)c1cccs1)c1nc2cc3c(cc2s1)OCCO3. The Kier molecular flexibility index (Phi) is 5.79. The lowest BCUT2D eigenvalue weighted by atomic mass is 10.3. The number of rotatable bonds is 7. The number of aromatic nitrogens is 1. The number of nitrogens with zero attached hydrogens (tertiary/aromatic N) is 2.